The molecule has 0 aliphatic heterocycles. The van der Waals surface area contributed by atoms with Gasteiger partial charge in [-0.25, -0.2) is 8.42 Å². The van der Waals surface area contributed by atoms with Gasteiger partial charge in [-0.15, -0.1) is 0 Å². The smallest absolute Gasteiger partial charge is 0.244 e. The van der Waals surface area contributed by atoms with Crippen LogP contribution in [0.3, 0.4) is 0 Å². The molecule has 0 aromatic heterocycles. The Labute approximate surface area is 191 Å². The number of sulfonamides is 1. The normalized spacial score (nSPS) is 12.3. The van der Waals surface area contributed by atoms with E-state index in [0.29, 0.717) is 12.2 Å². The van der Waals surface area contributed by atoms with Crippen LogP contribution >= 0.6 is 0 Å². The average molecular weight is 460 g/mol. The van der Waals surface area contributed by atoms with Crippen LogP contribution < -0.4 is 9.62 Å². The quantitative estimate of drug-likeness (QED) is 0.591. The molecular formula is C24H33N3O4S. The van der Waals surface area contributed by atoms with E-state index in [4.69, 9.17) is 0 Å². The van der Waals surface area contributed by atoms with Crippen LogP contribution in [0.1, 0.15) is 44.7 Å². The van der Waals surface area contributed by atoms with E-state index >= 15 is 0 Å². The fourth-order valence-corrected chi connectivity index (χ4v) is 4.35. The molecular weight excluding hydrogens is 426 g/mol. The molecule has 0 aliphatic rings. The van der Waals surface area contributed by atoms with Crippen molar-refractivity contribution in [3.63, 3.8) is 0 Å². The zero-order valence-electron chi connectivity index (χ0n) is 19.4. The van der Waals surface area contributed by atoms with E-state index in [-0.39, 0.29) is 24.9 Å². The second-order valence-electron chi connectivity index (χ2n) is 8.06. The van der Waals surface area contributed by atoms with Gasteiger partial charge in [0, 0.05) is 13.1 Å². The van der Waals surface area contributed by atoms with Crippen molar-refractivity contribution in [2.75, 3.05) is 23.7 Å². The summed E-state index contributed by atoms with van der Waals surface area (Å²) in [6.45, 7) is 7.65. The van der Waals surface area contributed by atoms with E-state index in [2.05, 4.69) is 5.32 Å². The number of amides is 2. The molecule has 0 saturated heterocycles. The maximum atomic E-state index is 13.4. The van der Waals surface area contributed by atoms with E-state index in [1.807, 2.05) is 63.2 Å². The number of nitrogens with one attached hydrogen (secondary N) is 1. The highest BCUT2D eigenvalue weighted by atomic mass is 32.2. The van der Waals surface area contributed by atoms with Crippen LogP contribution in [0.4, 0.5) is 5.69 Å². The molecule has 1 atom stereocenters. The number of carbonyl (C=O) groups is 2. The number of hydrogen-bond acceptors (Lipinski definition) is 4. The summed E-state index contributed by atoms with van der Waals surface area (Å²) in [6.07, 6.45) is 1.09. The lowest BCUT2D eigenvalue weighted by atomic mass is 10.0. The number of hydrogen-bond donors (Lipinski definition) is 1. The first-order chi connectivity index (χ1) is 15.1. The Morgan fingerprint density at radius 3 is 2.12 bits per heavy atom. The summed E-state index contributed by atoms with van der Waals surface area (Å²) in [6, 6.07) is 15.7. The van der Waals surface area contributed by atoms with Crippen molar-refractivity contribution in [1.29, 1.82) is 0 Å². The maximum absolute atomic E-state index is 13.4. The molecule has 7 nitrogen and oxygen atoms in total. The average Bonchev–Trinajstić information content (AvgIpc) is 2.75. The molecule has 0 spiro atoms. The molecule has 0 aliphatic carbocycles. The zero-order valence-corrected chi connectivity index (χ0v) is 20.2. The van der Waals surface area contributed by atoms with Gasteiger partial charge in [0.05, 0.1) is 11.9 Å². The van der Waals surface area contributed by atoms with Gasteiger partial charge in [-0.05, 0) is 37.0 Å². The largest absolute Gasteiger partial charge is 0.355 e. The Kier molecular flexibility index (Phi) is 8.83. The van der Waals surface area contributed by atoms with Crippen molar-refractivity contribution in [3.05, 3.63) is 65.7 Å². The molecule has 32 heavy (non-hydrogen) atoms. The van der Waals surface area contributed by atoms with Crippen LogP contribution in [0.15, 0.2) is 54.6 Å². The third-order valence-electron chi connectivity index (χ3n) is 5.22. The first kappa shape index (κ1) is 25.4. The third kappa shape index (κ3) is 6.56. The molecule has 2 aromatic rings. The van der Waals surface area contributed by atoms with Crippen LogP contribution in [0.2, 0.25) is 0 Å². The van der Waals surface area contributed by atoms with Gasteiger partial charge in [0.1, 0.15) is 12.6 Å². The monoisotopic (exact) mass is 459 g/mol. The van der Waals surface area contributed by atoms with Gasteiger partial charge in [0.2, 0.25) is 21.8 Å². The fraction of sp³-hybridized carbons (Fsp3) is 0.417. The third-order valence-corrected chi connectivity index (χ3v) is 6.35. The van der Waals surface area contributed by atoms with E-state index in [9.17, 15) is 18.0 Å². The fourth-order valence-electron chi connectivity index (χ4n) is 3.48. The molecule has 8 heteroatoms. The predicted octanol–water partition coefficient (Wildman–Crippen LogP) is 3.13. The van der Waals surface area contributed by atoms with Gasteiger partial charge >= 0.3 is 0 Å². The van der Waals surface area contributed by atoms with Crippen LogP contribution in [-0.2, 0) is 26.2 Å². The van der Waals surface area contributed by atoms with Gasteiger partial charge in [0.25, 0.3) is 0 Å². The number of nitrogens with zero attached hydrogens (tertiary/aromatic N) is 2. The molecule has 2 rings (SSSR count). The van der Waals surface area contributed by atoms with Crippen molar-refractivity contribution in [2.24, 2.45) is 0 Å². The number of rotatable bonds is 10. The van der Waals surface area contributed by atoms with Gasteiger partial charge in [-0.1, -0.05) is 62.4 Å². The SMILES string of the molecule is CCNC(=O)C(C)N(Cc1ccccc1)C(=O)CN(c1ccccc1C(C)C)S(C)(=O)=O. The first-order valence-electron chi connectivity index (χ1n) is 10.7. The molecule has 0 saturated carbocycles. The van der Waals surface area contributed by atoms with Gasteiger partial charge in [-0.3, -0.25) is 13.9 Å². The van der Waals surface area contributed by atoms with Gasteiger partial charge in [0.15, 0.2) is 0 Å². The summed E-state index contributed by atoms with van der Waals surface area (Å²) in [5.74, 6) is -0.665. The Hall–Kier alpha value is -2.87. The van der Waals surface area contributed by atoms with Gasteiger partial charge in [-0.2, -0.15) is 0 Å². The van der Waals surface area contributed by atoms with Crippen molar-refractivity contribution in [3.8, 4) is 0 Å². The zero-order chi connectivity index (χ0) is 23.9. The molecule has 2 amide bonds. The summed E-state index contributed by atoms with van der Waals surface area (Å²) in [7, 11) is -3.75. The Morgan fingerprint density at radius 2 is 1.56 bits per heavy atom. The van der Waals surface area contributed by atoms with Crippen LogP contribution in [-0.4, -0.2) is 50.5 Å². The van der Waals surface area contributed by atoms with Crippen molar-refractivity contribution >= 4 is 27.5 Å². The second-order valence-corrected chi connectivity index (χ2v) is 9.97. The second kappa shape index (κ2) is 11.1. The number of carbonyl (C=O) groups excluding carboxylic acids is 2. The highest BCUT2D eigenvalue weighted by Crippen LogP contribution is 2.29. The number of benzene rings is 2. The highest BCUT2D eigenvalue weighted by Gasteiger charge is 2.30. The lowest BCUT2D eigenvalue weighted by molar-refractivity contribution is -0.139. The maximum Gasteiger partial charge on any atom is 0.244 e. The summed E-state index contributed by atoms with van der Waals surface area (Å²) in [4.78, 5) is 27.4. The summed E-state index contributed by atoms with van der Waals surface area (Å²) in [5.41, 5.74) is 2.16. The topological polar surface area (TPSA) is 86.8 Å². The molecule has 0 heterocycles. The molecule has 1 N–H and O–H groups in total. The lowest BCUT2D eigenvalue weighted by Gasteiger charge is -2.32. The Bertz CT molecular complexity index is 1020. The van der Waals surface area contributed by atoms with E-state index in [0.717, 1.165) is 21.7 Å². The molecule has 174 valence electrons. The van der Waals surface area contributed by atoms with E-state index < -0.39 is 22.0 Å². The van der Waals surface area contributed by atoms with Crippen molar-refractivity contribution in [2.45, 2.75) is 46.2 Å². The number of para-hydroxylation sites is 1. The number of anilines is 1. The molecule has 0 bridgehead atoms. The van der Waals surface area contributed by atoms with Crippen LogP contribution in [0, 0.1) is 0 Å². The minimum absolute atomic E-state index is 0.0697. The molecule has 2 aromatic carbocycles. The summed E-state index contributed by atoms with van der Waals surface area (Å²) in [5, 5.41) is 2.74. The van der Waals surface area contributed by atoms with E-state index in [1.54, 1.807) is 19.1 Å². The summed E-state index contributed by atoms with van der Waals surface area (Å²) < 4.78 is 26.5. The highest BCUT2D eigenvalue weighted by molar-refractivity contribution is 7.92. The molecule has 1 unspecified atom stereocenters. The van der Waals surface area contributed by atoms with Crippen molar-refractivity contribution in [1.82, 2.24) is 10.2 Å². The van der Waals surface area contributed by atoms with Crippen LogP contribution in [0.5, 0.6) is 0 Å². The molecule has 0 fully saturated rings. The van der Waals surface area contributed by atoms with Crippen molar-refractivity contribution < 1.29 is 18.0 Å². The standard InChI is InChI=1S/C24H33N3O4S/c1-6-25-24(29)19(4)26(16-20-12-8-7-9-13-20)23(28)17-27(32(5,30)31)22-15-11-10-14-21(22)18(2)3/h7-15,18-19H,6,16-17H2,1-5H3,(H,25,29). The Balaban J connectivity index is 2.43. The van der Waals surface area contributed by atoms with Gasteiger partial charge < -0.3 is 10.2 Å². The molecule has 0 radical (unpaired) electrons. The summed E-state index contributed by atoms with van der Waals surface area (Å²) >= 11 is 0. The lowest BCUT2D eigenvalue weighted by Crippen LogP contribution is -2.51. The predicted molar refractivity (Wildman–Crippen MR) is 128 cm³/mol. The first-order valence-corrected chi connectivity index (χ1v) is 12.6. The minimum Gasteiger partial charge on any atom is -0.355 e. The number of likely N-dealkylation sites (N-methyl/N-ethyl adjacent to an activating group) is 1. The Morgan fingerprint density at radius 1 is 0.969 bits per heavy atom. The van der Waals surface area contributed by atoms with E-state index in [1.165, 1.54) is 4.90 Å². The minimum atomic E-state index is -3.75. The van der Waals surface area contributed by atoms with Crippen LogP contribution in [0.25, 0.3) is 0 Å².